The number of carbonyl (C=O) groups is 1. The highest BCUT2D eigenvalue weighted by atomic mass is 19.1. The lowest BCUT2D eigenvalue weighted by atomic mass is 9.87. The molecule has 0 radical (unpaired) electrons. The van der Waals surface area contributed by atoms with Gasteiger partial charge in [0.1, 0.15) is 11.6 Å². The SMILES string of the molecule is O=C(Cc1ccc(F)cc1)NC1(c2ccccc2F)CCCC1. The quantitative estimate of drug-likeness (QED) is 0.904. The van der Waals surface area contributed by atoms with Crippen LogP contribution in [-0.2, 0) is 16.8 Å². The lowest BCUT2D eigenvalue weighted by molar-refractivity contribution is -0.122. The summed E-state index contributed by atoms with van der Waals surface area (Å²) in [6.45, 7) is 0. The van der Waals surface area contributed by atoms with Crippen LogP contribution in [0.5, 0.6) is 0 Å². The van der Waals surface area contributed by atoms with Crippen molar-refractivity contribution in [1.29, 1.82) is 0 Å². The van der Waals surface area contributed by atoms with Gasteiger partial charge in [0.15, 0.2) is 0 Å². The maximum absolute atomic E-state index is 14.2. The fourth-order valence-electron chi connectivity index (χ4n) is 3.39. The van der Waals surface area contributed by atoms with Crippen LogP contribution >= 0.6 is 0 Å². The summed E-state index contributed by atoms with van der Waals surface area (Å²) >= 11 is 0. The second-order valence-corrected chi connectivity index (χ2v) is 6.12. The van der Waals surface area contributed by atoms with Crippen LogP contribution in [0.15, 0.2) is 48.5 Å². The molecular weight excluding hydrogens is 296 g/mol. The van der Waals surface area contributed by atoms with Crippen LogP contribution in [0.4, 0.5) is 8.78 Å². The van der Waals surface area contributed by atoms with Gasteiger partial charge in [-0.3, -0.25) is 4.79 Å². The molecule has 0 atom stereocenters. The lowest BCUT2D eigenvalue weighted by Crippen LogP contribution is -2.45. The van der Waals surface area contributed by atoms with Crippen molar-refractivity contribution in [3.63, 3.8) is 0 Å². The lowest BCUT2D eigenvalue weighted by Gasteiger charge is -2.31. The third-order valence-corrected chi connectivity index (χ3v) is 4.50. The van der Waals surface area contributed by atoms with E-state index in [2.05, 4.69) is 5.32 Å². The number of halogens is 2. The van der Waals surface area contributed by atoms with Crippen LogP contribution in [0.3, 0.4) is 0 Å². The number of benzene rings is 2. The molecule has 120 valence electrons. The van der Waals surface area contributed by atoms with E-state index in [4.69, 9.17) is 0 Å². The van der Waals surface area contributed by atoms with Crippen molar-refractivity contribution in [3.8, 4) is 0 Å². The van der Waals surface area contributed by atoms with E-state index in [1.807, 2.05) is 0 Å². The first-order valence-corrected chi connectivity index (χ1v) is 7.90. The Kier molecular flexibility index (Phi) is 4.42. The monoisotopic (exact) mass is 315 g/mol. The largest absolute Gasteiger partial charge is 0.346 e. The highest BCUT2D eigenvalue weighted by molar-refractivity contribution is 5.79. The molecule has 0 bridgehead atoms. The van der Waals surface area contributed by atoms with Crippen LogP contribution in [0.25, 0.3) is 0 Å². The van der Waals surface area contributed by atoms with Gasteiger partial charge in [-0.1, -0.05) is 43.2 Å². The third-order valence-electron chi connectivity index (χ3n) is 4.50. The summed E-state index contributed by atoms with van der Waals surface area (Å²) in [7, 11) is 0. The van der Waals surface area contributed by atoms with E-state index in [-0.39, 0.29) is 24.0 Å². The minimum absolute atomic E-state index is 0.163. The summed E-state index contributed by atoms with van der Waals surface area (Å²) in [5.41, 5.74) is 0.679. The zero-order valence-electron chi connectivity index (χ0n) is 12.8. The van der Waals surface area contributed by atoms with Gasteiger partial charge in [-0.2, -0.15) is 0 Å². The molecule has 4 heteroatoms. The van der Waals surface area contributed by atoms with Gasteiger partial charge in [0, 0.05) is 5.56 Å². The van der Waals surface area contributed by atoms with E-state index >= 15 is 0 Å². The zero-order chi connectivity index (χ0) is 16.3. The molecule has 0 saturated heterocycles. The van der Waals surface area contributed by atoms with Crippen molar-refractivity contribution in [2.75, 3.05) is 0 Å². The summed E-state index contributed by atoms with van der Waals surface area (Å²) in [6.07, 6.45) is 3.57. The van der Waals surface area contributed by atoms with Gasteiger partial charge in [0.05, 0.1) is 12.0 Å². The Labute approximate surface area is 134 Å². The Bertz CT molecular complexity index is 691. The zero-order valence-corrected chi connectivity index (χ0v) is 12.8. The molecule has 0 aromatic heterocycles. The molecule has 0 unspecified atom stereocenters. The molecule has 2 aromatic carbocycles. The summed E-state index contributed by atoms with van der Waals surface area (Å²) < 4.78 is 27.2. The predicted molar refractivity (Wildman–Crippen MR) is 84.8 cm³/mol. The summed E-state index contributed by atoms with van der Waals surface area (Å²) in [5, 5.41) is 3.04. The van der Waals surface area contributed by atoms with Crippen molar-refractivity contribution in [2.24, 2.45) is 0 Å². The van der Waals surface area contributed by atoms with E-state index < -0.39 is 5.54 Å². The second-order valence-electron chi connectivity index (χ2n) is 6.12. The van der Waals surface area contributed by atoms with Crippen molar-refractivity contribution < 1.29 is 13.6 Å². The highest BCUT2D eigenvalue weighted by Crippen LogP contribution is 2.39. The maximum Gasteiger partial charge on any atom is 0.225 e. The Morgan fingerprint density at radius 2 is 1.65 bits per heavy atom. The normalized spacial score (nSPS) is 16.3. The smallest absolute Gasteiger partial charge is 0.225 e. The highest BCUT2D eigenvalue weighted by Gasteiger charge is 2.38. The molecule has 1 N–H and O–H groups in total. The van der Waals surface area contributed by atoms with Gasteiger partial charge < -0.3 is 5.32 Å². The van der Waals surface area contributed by atoms with Gasteiger partial charge in [-0.25, -0.2) is 8.78 Å². The Morgan fingerprint density at radius 3 is 2.30 bits per heavy atom. The molecule has 23 heavy (non-hydrogen) atoms. The molecule has 1 aliphatic carbocycles. The topological polar surface area (TPSA) is 29.1 Å². The molecule has 0 spiro atoms. The predicted octanol–water partition coefficient (Wildman–Crippen LogP) is 4.09. The molecule has 1 aliphatic rings. The molecule has 2 aromatic rings. The summed E-state index contributed by atoms with van der Waals surface area (Å²) in [6, 6.07) is 12.5. The van der Waals surface area contributed by atoms with Gasteiger partial charge in [-0.05, 0) is 36.6 Å². The van der Waals surface area contributed by atoms with Crippen molar-refractivity contribution in [1.82, 2.24) is 5.32 Å². The number of hydrogen-bond donors (Lipinski definition) is 1. The minimum atomic E-state index is -0.623. The van der Waals surface area contributed by atoms with Crippen molar-refractivity contribution >= 4 is 5.91 Å². The molecule has 1 amide bonds. The van der Waals surface area contributed by atoms with Crippen molar-refractivity contribution in [2.45, 2.75) is 37.6 Å². The minimum Gasteiger partial charge on any atom is -0.346 e. The van der Waals surface area contributed by atoms with Crippen LogP contribution < -0.4 is 5.32 Å². The summed E-state index contributed by atoms with van der Waals surface area (Å²) in [5.74, 6) is -0.772. The standard InChI is InChI=1S/C19H19F2NO/c20-15-9-7-14(8-10-15)13-18(23)22-19(11-3-4-12-19)16-5-1-2-6-17(16)21/h1-2,5-10H,3-4,11-13H2,(H,22,23). The molecule has 2 nitrogen and oxygen atoms in total. The number of rotatable bonds is 4. The fourth-order valence-corrected chi connectivity index (χ4v) is 3.39. The third kappa shape index (κ3) is 3.41. The Hall–Kier alpha value is -2.23. The van der Waals surface area contributed by atoms with E-state index in [0.29, 0.717) is 5.56 Å². The van der Waals surface area contributed by atoms with Crippen LogP contribution in [0.1, 0.15) is 36.8 Å². The first kappa shape index (κ1) is 15.7. The summed E-state index contributed by atoms with van der Waals surface area (Å²) in [4.78, 5) is 12.4. The van der Waals surface area contributed by atoms with Gasteiger partial charge in [0.2, 0.25) is 5.91 Å². The van der Waals surface area contributed by atoms with Crippen molar-refractivity contribution in [3.05, 3.63) is 71.3 Å². The number of nitrogens with one attached hydrogen (secondary N) is 1. The maximum atomic E-state index is 14.2. The molecule has 0 heterocycles. The number of hydrogen-bond acceptors (Lipinski definition) is 1. The average molecular weight is 315 g/mol. The molecule has 0 aliphatic heterocycles. The van der Waals surface area contributed by atoms with Crippen LogP contribution in [0.2, 0.25) is 0 Å². The fraction of sp³-hybridized carbons (Fsp3) is 0.316. The van der Waals surface area contributed by atoms with Gasteiger partial charge in [-0.15, -0.1) is 0 Å². The molecule has 3 rings (SSSR count). The average Bonchev–Trinajstić information content (AvgIpc) is 2.99. The van der Waals surface area contributed by atoms with E-state index in [0.717, 1.165) is 31.2 Å². The van der Waals surface area contributed by atoms with Crippen LogP contribution in [0, 0.1) is 11.6 Å². The Morgan fingerprint density at radius 1 is 1.00 bits per heavy atom. The molecule has 1 fully saturated rings. The van der Waals surface area contributed by atoms with E-state index in [1.54, 1.807) is 30.3 Å². The number of carbonyl (C=O) groups excluding carboxylic acids is 1. The molecular formula is C19H19F2NO. The van der Waals surface area contributed by atoms with E-state index in [1.165, 1.54) is 18.2 Å². The van der Waals surface area contributed by atoms with Crippen LogP contribution in [-0.4, -0.2) is 5.91 Å². The Balaban J connectivity index is 1.79. The first-order valence-electron chi connectivity index (χ1n) is 7.90. The van der Waals surface area contributed by atoms with E-state index in [9.17, 15) is 13.6 Å². The molecule has 1 saturated carbocycles. The second kappa shape index (κ2) is 6.49. The number of amides is 1. The first-order chi connectivity index (χ1) is 11.1. The van der Waals surface area contributed by atoms with Gasteiger partial charge in [0.25, 0.3) is 0 Å². The van der Waals surface area contributed by atoms with Gasteiger partial charge >= 0.3 is 0 Å².